The SMILES string of the molecule is O=CN[C@@H]1CCC(N2CCC(NC(=O)c3cccc(C(F)(F)F)c3)C2=O)[C@H](CS(=O)(=O)c2ccccc2)C1. The molecular formula is C26H28F3N3O5S. The van der Waals surface area contributed by atoms with Crippen molar-refractivity contribution in [2.45, 2.75) is 54.9 Å². The van der Waals surface area contributed by atoms with Gasteiger partial charge in [-0.2, -0.15) is 13.2 Å². The monoisotopic (exact) mass is 551 g/mol. The zero-order valence-corrected chi connectivity index (χ0v) is 21.2. The van der Waals surface area contributed by atoms with E-state index >= 15 is 0 Å². The van der Waals surface area contributed by atoms with Crippen LogP contribution >= 0.6 is 0 Å². The van der Waals surface area contributed by atoms with E-state index < -0.39 is 51.4 Å². The van der Waals surface area contributed by atoms with Crippen LogP contribution in [0.5, 0.6) is 0 Å². The zero-order valence-electron chi connectivity index (χ0n) is 20.4. The number of benzene rings is 2. The highest BCUT2D eigenvalue weighted by atomic mass is 32.2. The number of likely N-dealkylation sites (tertiary alicyclic amines) is 1. The fourth-order valence-electron chi connectivity index (χ4n) is 5.33. The molecule has 38 heavy (non-hydrogen) atoms. The third-order valence-corrected chi connectivity index (χ3v) is 9.04. The number of hydrogen-bond acceptors (Lipinski definition) is 5. The van der Waals surface area contributed by atoms with Crippen LogP contribution < -0.4 is 10.6 Å². The molecule has 12 heteroatoms. The fraction of sp³-hybridized carbons (Fsp3) is 0.423. The van der Waals surface area contributed by atoms with Gasteiger partial charge in [-0.15, -0.1) is 0 Å². The smallest absolute Gasteiger partial charge is 0.356 e. The average molecular weight is 552 g/mol. The molecule has 1 saturated heterocycles. The Morgan fingerprint density at radius 1 is 1.05 bits per heavy atom. The lowest BCUT2D eigenvalue weighted by molar-refractivity contribution is -0.137. The summed E-state index contributed by atoms with van der Waals surface area (Å²) < 4.78 is 65.4. The summed E-state index contributed by atoms with van der Waals surface area (Å²) in [7, 11) is -3.68. The third kappa shape index (κ3) is 6.17. The van der Waals surface area contributed by atoms with Crippen LogP contribution in [0.25, 0.3) is 0 Å². The molecule has 1 aliphatic carbocycles. The Bertz CT molecular complexity index is 1290. The molecule has 1 aliphatic heterocycles. The van der Waals surface area contributed by atoms with Gasteiger partial charge in [0, 0.05) is 24.2 Å². The van der Waals surface area contributed by atoms with E-state index in [2.05, 4.69) is 10.6 Å². The van der Waals surface area contributed by atoms with Crippen molar-refractivity contribution in [3.63, 3.8) is 0 Å². The third-order valence-electron chi connectivity index (χ3n) is 7.18. The van der Waals surface area contributed by atoms with Crippen molar-refractivity contribution in [2.75, 3.05) is 12.3 Å². The minimum absolute atomic E-state index is 0.170. The molecule has 2 unspecified atom stereocenters. The van der Waals surface area contributed by atoms with E-state index in [1.807, 2.05) is 0 Å². The minimum Gasteiger partial charge on any atom is -0.356 e. The Labute approximate surface area is 218 Å². The topological polar surface area (TPSA) is 113 Å². The van der Waals surface area contributed by atoms with Crippen LogP contribution in [0.2, 0.25) is 0 Å². The van der Waals surface area contributed by atoms with Gasteiger partial charge < -0.3 is 15.5 Å². The summed E-state index contributed by atoms with van der Waals surface area (Å²) in [4.78, 5) is 38.7. The maximum Gasteiger partial charge on any atom is 0.416 e. The highest BCUT2D eigenvalue weighted by molar-refractivity contribution is 7.91. The van der Waals surface area contributed by atoms with Crippen molar-refractivity contribution in [2.24, 2.45) is 5.92 Å². The Kier molecular flexibility index (Phi) is 8.10. The Balaban J connectivity index is 1.49. The standard InChI is InChI=1S/C26H28F3N3O5S/c27-26(28,29)19-6-4-5-17(13-19)24(34)31-22-11-12-32(25(22)35)23-10-9-20(30-16-33)14-18(23)15-38(36,37)21-7-2-1-3-8-21/h1-8,13,16,18,20,22-23H,9-12,14-15H2,(H,30,33)(H,31,34)/t18-,20+,22?,23?/m0/s1. The van der Waals surface area contributed by atoms with Crippen molar-refractivity contribution in [1.29, 1.82) is 0 Å². The molecule has 2 fully saturated rings. The largest absolute Gasteiger partial charge is 0.416 e. The molecular weight excluding hydrogens is 523 g/mol. The van der Waals surface area contributed by atoms with Gasteiger partial charge in [-0.25, -0.2) is 8.42 Å². The van der Waals surface area contributed by atoms with Crippen molar-refractivity contribution < 1.29 is 36.0 Å². The van der Waals surface area contributed by atoms with Crippen LogP contribution in [0.15, 0.2) is 59.5 Å². The van der Waals surface area contributed by atoms with E-state index in [0.29, 0.717) is 25.7 Å². The maximum atomic E-state index is 13.3. The quantitative estimate of drug-likeness (QED) is 0.490. The van der Waals surface area contributed by atoms with Crippen LogP contribution in [0, 0.1) is 5.92 Å². The van der Waals surface area contributed by atoms with Gasteiger partial charge in [-0.1, -0.05) is 24.3 Å². The van der Waals surface area contributed by atoms with E-state index in [9.17, 15) is 36.0 Å². The zero-order chi connectivity index (χ0) is 27.5. The Hall–Kier alpha value is -3.41. The molecule has 2 aromatic carbocycles. The second-order valence-electron chi connectivity index (χ2n) is 9.64. The predicted molar refractivity (Wildman–Crippen MR) is 132 cm³/mol. The number of nitrogens with zero attached hydrogens (tertiary/aromatic N) is 1. The normalized spacial score (nSPS) is 24.2. The van der Waals surface area contributed by atoms with E-state index in [4.69, 9.17) is 0 Å². The first-order valence-corrected chi connectivity index (χ1v) is 13.9. The van der Waals surface area contributed by atoms with Gasteiger partial charge in [0.1, 0.15) is 6.04 Å². The molecule has 2 aliphatic rings. The summed E-state index contributed by atoms with van der Waals surface area (Å²) >= 11 is 0. The number of carbonyl (C=O) groups excluding carboxylic acids is 3. The summed E-state index contributed by atoms with van der Waals surface area (Å²) in [6, 6.07) is 10.4. The van der Waals surface area contributed by atoms with Gasteiger partial charge in [0.25, 0.3) is 5.91 Å². The van der Waals surface area contributed by atoms with E-state index in [0.717, 1.165) is 18.2 Å². The Morgan fingerprint density at radius 2 is 1.79 bits per heavy atom. The van der Waals surface area contributed by atoms with Gasteiger partial charge in [-0.3, -0.25) is 14.4 Å². The van der Waals surface area contributed by atoms with Crippen LogP contribution in [0.3, 0.4) is 0 Å². The lowest BCUT2D eigenvalue weighted by atomic mass is 9.81. The first kappa shape index (κ1) is 27.6. The van der Waals surface area contributed by atoms with E-state index in [-0.39, 0.29) is 35.2 Å². The first-order valence-electron chi connectivity index (χ1n) is 12.3. The minimum atomic E-state index is -4.61. The lowest BCUT2D eigenvalue weighted by Crippen LogP contribution is -2.52. The van der Waals surface area contributed by atoms with E-state index in [1.165, 1.54) is 18.2 Å². The van der Waals surface area contributed by atoms with Crippen molar-refractivity contribution >= 4 is 28.1 Å². The summed E-state index contributed by atoms with van der Waals surface area (Å²) in [6.07, 6.45) is -2.41. The molecule has 2 N–H and O–H groups in total. The van der Waals surface area contributed by atoms with Crippen LogP contribution in [0.1, 0.15) is 41.6 Å². The number of nitrogens with one attached hydrogen (secondary N) is 2. The van der Waals surface area contributed by atoms with Gasteiger partial charge in [0.2, 0.25) is 12.3 Å². The van der Waals surface area contributed by atoms with Crippen LogP contribution in [-0.4, -0.2) is 62.0 Å². The Morgan fingerprint density at radius 3 is 2.47 bits per heavy atom. The van der Waals surface area contributed by atoms with Gasteiger partial charge in [0.05, 0.1) is 16.2 Å². The number of amides is 3. The molecule has 8 nitrogen and oxygen atoms in total. The molecule has 4 atom stereocenters. The number of halogens is 3. The van der Waals surface area contributed by atoms with Crippen molar-refractivity contribution in [1.82, 2.24) is 15.5 Å². The molecule has 1 saturated carbocycles. The number of alkyl halides is 3. The fourth-order valence-corrected chi connectivity index (χ4v) is 7.02. The number of rotatable bonds is 8. The van der Waals surface area contributed by atoms with Crippen molar-refractivity contribution in [3.05, 3.63) is 65.7 Å². The first-order chi connectivity index (χ1) is 18.0. The van der Waals surface area contributed by atoms with Crippen LogP contribution in [-0.2, 0) is 25.6 Å². The highest BCUT2D eigenvalue weighted by Crippen LogP contribution is 2.34. The summed E-state index contributed by atoms with van der Waals surface area (Å²) in [6.45, 7) is 0.269. The molecule has 0 radical (unpaired) electrons. The lowest BCUT2D eigenvalue weighted by Gasteiger charge is -2.41. The van der Waals surface area contributed by atoms with Gasteiger partial charge in [-0.05, 0) is 61.9 Å². The predicted octanol–water partition coefficient (Wildman–Crippen LogP) is 2.79. The summed E-state index contributed by atoms with van der Waals surface area (Å²) in [5, 5.41) is 5.25. The van der Waals surface area contributed by atoms with E-state index in [1.54, 1.807) is 23.1 Å². The molecule has 2 aromatic rings. The maximum absolute atomic E-state index is 13.3. The second-order valence-corrected chi connectivity index (χ2v) is 11.7. The highest BCUT2D eigenvalue weighted by Gasteiger charge is 2.43. The summed E-state index contributed by atoms with van der Waals surface area (Å²) in [5.74, 6) is -1.88. The molecule has 4 rings (SSSR count). The molecule has 0 aromatic heterocycles. The molecule has 0 spiro atoms. The summed E-state index contributed by atoms with van der Waals surface area (Å²) in [5.41, 5.74) is -1.17. The molecule has 1 heterocycles. The number of sulfone groups is 1. The molecule has 204 valence electrons. The number of hydrogen-bond donors (Lipinski definition) is 2. The molecule has 0 bridgehead atoms. The molecule has 3 amide bonds. The van der Waals surface area contributed by atoms with Crippen LogP contribution in [0.4, 0.5) is 13.2 Å². The second kappa shape index (κ2) is 11.1. The average Bonchev–Trinajstić information content (AvgIpc) is 3.24. The van der Waals surface area contributed by atoms with Gasteiger partial charge >= 0.3 is 6.18 Å². The van der Waals surface area contributed by atoms with Gasteiger partial charge in [0.15, 0.2) is 9.84 Å². The van der Waals surface area contributed by atoms with Crippen molar-refractivity contribution in [3.8, 4) is 0 Å². The number of carbonyl (C=O) groups is 3.